The average Bonchev–Trinajstić information content (AvgIpc) is 3.39. The highest BCUT2D eigenvalue weighted by Gasteiger charge is 2.75. The fraction of sp³-hybridized carbons (Fsp3) is 0.250. The van der Waals surface area contributed by atoms with Crippen LogP contribution in [-0.2, 0) is 16.1 Å². The third kappa shape index (κ3) is 4.11. The zero-order valence-corrected chi connectivity index (χ0v) is 25.0. The van der Waals surface area contributed by atoms with Crippen LogP contribution in [-0.4, -0.2) is 53.8 Å². The second-order valence-electron chi connectivity index (χ2n) is 11.1. The van der Waals surface area contributed by atoms with Crippen molar-refractivity contribution in [2.24, 2.45) is 0 Å². The number of benzene rings is 3. The van der Waals surface area contributed by atoms with E-state index >= 15 is 0 Å². The zero-order chi connectivity index (χ0) is 31.7. The van der Waals surface area contributed by atoms with Gasteiger partial charge in [-0.3, -0.25) is 9.59 Å². The number of hydrogen-bond acceptors (Lipinski definition) is 6. The van der Waals surface area contributed by atoms with Gasteiger partial charge in [0.15, 0.2) is 9.75 Å². The highest BCUT2D eigenvalue weighted by molar-refractivity contribution is 6.58. The fourth-order valence-corrected chi connectivity index (χ4v) is 7.67. The number of ether oxygens (including phenoxy) is 1. The van der Waals surface area contributed by atoms with Gasteiger partial charge in [0, 0.05) is 12.3 Å². The predicted octanol–water partition coefficient (Wildman–Crippen LogP) is 3.51. The Balaban J connectivity index is 1.43. The van der Waals surface area contributed by atoms with Crippen molar-refractivity contribution in [3.05, 3.63) is 123 Å². The molecule has 45 heavy (non-hydrogen) atoms. The Labute approximate surface area is 265 Å². The molecule has 1 aromatic heterocycles. The second-order valence-corrected chi connectivity index (χ2v) is 12.3. The van der Waals surface area contributed by atoms with Gasteiger partial charge < -0.3 is 9.84 Å². The summed E-state index contributed by atoms with van der Waals surface area (Å²) in [7, 11) is 0. The summed E-state index contributed by atoms with van der Waals surface area (Å²) < 4.78 is 22.9. The molecule has 2 fully saturated rings. The van der Waals surface area contributed by atoms with E-state index in [4.69, 9.17) is 33.0 Å². The summed E-state index contributed by atoms with van der Waals surface area (Å²) in [6.07, 6.45) is 1.47. The summed E-state index contributed by atoms with van der Waals surface area (Å²) in [5.41, 5.74) is 0.305. The smallest absolute Gasteiger partial charge is 0.352 e. The number of aliphatic hydroxyl groups is 1. The summed E-state index contributed by atoms with van der Waals surface area (Å²) >= 11 is 14.7. The molecule has 2 amide bonds. The minimum atomic E-state index is -2.08. The number of imide groups is 1. The van der Waals surface area contributed by atoms with Crippen LogP contribution in [0.2, 0.25) is 0 Å². The molecule has 4 aromatic rings. The maximum Gasteiger partial charge on any atom is 0.352 e. The number of aliphatic hydroxyl groups excluding tert-OH is 1. The lowest BCUT2D eigenvalue weighted by Gasteiger charge is -2.49. The number of allylic oxidation sites excluding steroid dienone is 2. The Kier molecular flexibility index (Phi) is 6.88. The Bertz CT molecular complexity index is 1990. The fourth-order valence-electron chi connectivity index (χ4n) is 6.75. The largest absolute Gasteiger partial charge is 0.491 e. The van der Waals surface area contributed by atoms with Gasteiger partial charge in [-0.15, -0.1) is 23.2 Å². The lowest BCUT2D eigenvalue weighted by Crippen LogP contribution is -2.59. The van der Waals surface area contributed by atoms with Gasteiger partial charge in [-0.2, -0.15) is 0 Å². The molecule has 10 nitrogen and oxygen atoms in total. The van der Waals surface area contributed by atoms with Crippen LogP contribution >= 0.6 is 23.2 Å². The summed E-state index contributed by atoms with van der Waals surface area (Å²) in [5.74, 6) is -2.75. The van der Waals surface area contributed by atoms with Gasteiger partial charge in [-0.25, -0.2) is 32.8 Å². The van der Waals surface area contributed by atoms with E-state index in [0.717, 1.165) is 21.6 Å². The van der Waals surface area contributed by atoms with Crippen LogP contribution in [0.5, 0.6) is 5.75 Å². The molecule has 1 N–H and O–H groups in total. The molecule has 3 aliphatic rings. The monoisotopic (exact) mass is 650 g/mol. The van der Waals surface area contributed by atoms with E-state index in [1.54, 1.807) is 60.7 Å². The molecular formula is C32H25Cl2FN4O6. The van der Waals surface area contributed by atoms with Crippen LogP contribution in [0.15, 0.2) is 100 Å². The number of fused-ring (bicyclic) bond motifs is 4. The maximum atomic E-state index is 14.4. The maximum absolute atomic E-state index is 14.4. The Morgan fingerprint density at radius 1 is 0.867 bits per heavy atom. The molecule has 1 saturated carbocycles. The van der Waals surface area contributed by atoms with E-state index in [2.05, 4.69) is 0 Å². The van der Waals surface area contributed by atoms with Crippen LogP contribution in [0, 0.1) is 5.82 Å². The standard InChI is InChI=1S/C32H25Cl2FN4O6/c33-31-18-25-24(14-15-36-29(43)38(30(44)39(25)36)21-4-2-1-3-5-21)26(19-6-12-23(13-7-19)45-17-16-40)32(31,34)28(42)37(27(31)41)22-10-8-20(35)9-11-22/h1-14,25-26,40H,15-18H2. The predicted molar refractivity (Wildman–Crippen MR) is 164 cm³/mol. The van der Waals surface area contributed by atoms with Gasteiger partial charge in [-0.1, -0.05) is 36.4 Å². The van der Waals surface area contributed by atoms with Gasteiger partial charge >= 0.3 is 11.4 Å². The number of nitrogens with zero attached hydrogens (tertiary/aromatic N) is 4. The summed E-state index contributed by atoms with van der Waals surface area (Å²) in [5, 5.41) is 9.15. The van der Waals surface area contributed by atoms with Crippen LogP contribution in [0.4, 0.5) is 10.1 Å². The molecule has 3 aromatic carbocycles. The van der Waals surface area contributed by atoms with Gasteiger partial charge in [-0.05, 0) is 59.7 Å². The van der Waals surface area contributed by atoms with Gasteiger partial charge in [0.2, 0.25) is 0 Å². The Hall–Kier alpha value is -4.45. The van der Waals surface area contributed by atoms with Crippen LogP contribution in [0.25, 0.3) is 5.69 Å². The second kappa shape index (κ2) is 10.6. The number of anilines is 1. The number of carbonyl (C=O) groups excluding carboxylic acids is 2. The van der Waals surface area contributed by atoms with Crippen molar-refractivity contribution in [2.45, 2.75) is 34.7 Å². The molecule has 7 rings (SSSR count). The summed E-state index contributed by atoms with van der Waals surface area (Å²) in [6, 6.07) is 19.0. The number of halogens is 3. The van der Waals surface area contributed by atoms with Crippen molar-refractivity contribution in [1.29, 1.82) is 0 Å². The number of hydrogen-bond donors (Lipinski definition) is 1. The highest BCUT2D eigenvalue weighted by atomic mass is 35.5. The molecule has 0 radical (unpaired) electrons. The van der Waals surface area contributed by atoms with E-state index in [0.29, 0.717) is 22.6 Å². The average molecular weight is 651 g/mol. The molecule has 0 bridgehead atoms. The number of carbonyl (C=O) groups is 2. The lowest BCUT2D eigenvalue weighted by atomic mass is 9.64. The van der Waals surface area contributed by atoms with E-state index in [1.807, 2.05) is 0 Å². The topological polar surface area (TPSA) is 116 Å². The molecular weight excluding hydrogens is 626 g/mol. The summed E-state index contributed by atoms with van der Waals surface area (Å²) in [6.45, 7) is -0.119. The number of aromatic nitrogens is 3. The molecule has 13 heteroatoms. The third-order valence-electron chi connectivity index (χ3n) is 8.75. The first-order valence-corrected chi connectivity index (χ1v) is 14.9. The van der Waals surface area contributed by atoms with Crippen molar-refractivity contribution in [3.63, 3.8) is 0 Å². The highest BCUT2D eigenvalue weighted by Crippen LogP contribution is 2.63. The molecule has 0 spiro atoms. The first kappa shape index (κ1) is 29.3. The van der Waals surface area contributed by atoms with E-state index in [1.165, 1.54) is 21.5 Å². The minimum Gasteiger partial charge on any atom is -0.491 e. The molecule has 230 valence electrons. The molecule has 4 atom stereocenters. The van der Waals surface area contributed by atoms with Gasteiger partial charge in [0.05, 0.1) is 30.6 Å². The Morgan fingerprint density at radius 2 is 1.56 bits per heavy atom. The normalized spacial score (nSPS) is 25.4. The van der Waals surface area contributed by atoms with Crippen LogP contribution in [0.3, 0.4) is 0 Å². The van der Waals surface area contributed by atoms with Crippen LogP contribution < -0.4 is 21.0 Å². The van der Waals surface area contributed by atoms with Crippen molar-refractivity contribution in [3.8, 4) is 11.4 Å². The summed E-state index contributed by atoms with van der Waals surface area (Å²) in [4.78, 5) is 52.9. The van der Waals surface area contributed by atoms with Gasteiger partial charge in [0.1, 0.15) is 18.2 Å². The minimum absolute atomic E-state index is 0.00000282. The van der Waals surface area contributed by atoms with E-state index in [9.17, 15) is 23.6 Å². The number of alkyl halides is 2. The third-order valence-corrected chi connectivity index (χ3v) is 10.2. The first-order chi connectivity index (χ1) is 21.6. The van der Waals surface area contributed by atoms with Crippen molar-refractivity contribution in [2.75, 3.05) is 18.1 Å². The quantitative estimate of drug-likeness (QED) is 0.194. The molecule has 1 aliphatic carbocycles. The van der Waals surface area contributed by atoms with Crippen molar-refractivity contribution >= 4 is 40.7 Å². The van der Waals surface area contributed by atoms with Gasteiger partial charge in [0.25, 0.3) is 11.8 Å². The van der Waals surface area contributed by atoms with Crippen molar-refractivity contribution < 1.29 is 23.8 Å². The number of para-hydroxylation sites is 1. The molecule has 1 saturated heterocycles. The van der Waals surface area contributed by atoms with Crippen molar-refractivity contribution in [1.82, 2.24) is 13.9 Å². The number of amides is 2. The molecule has 2 aliphatic heterocycles. The van der Waals surface area contributed by atoms with E-state index < -0.39 is 50.7 Å². The zero-order valence-electron chi connectivity index (χ0n) is 23.5. The SMILES string of the molecule is O=C1N(c2ccc(F)cc2)C(=O)C2(Cl)C(c3ccc(OCCO)cc3)C3=CCn4c(=O)n(-c5ccccc5)c(=O)n4C3CC12Cl. The van der Waals surface area contributed by atoms with E-state index in [-0.39, 0.29) is 31.9 Å². The van der Waals surface area contributed by atoms with Crippen LogP contribution in [0.1, 0.15) is 23.9 Å². The molecule has 4 unspecified atom stereocenters. The lowest BCUT2D eigenvalue weighted by molar-refractivity contribution is -0.122. The molecule has 3 heterocycles. The first-order valence-electron chi connectivity index (χ1n) is 14.2. The Morgan fingerprint density at radius 3 is 2.22 bits per heavy atom. The number of rotatable bonds is 6.